The molecule has 0 fully saturated rings. The van der Waals surface area contributed by atoms with Crippen LogP contribution in [0.4, 0.5) is 9.18 Å². The lowest BCUT2D eigenvalue weighted by Crippen LogP contribution is -2.50. The molecule has 144 valence electrons. The van der Waals surface area contributed by atoms with Gasteiger partial charge in [-0.3, -0.25) is 4.79 Å². The Labute approximate surface area is 165 Å². The van der Waals surface area contributed by atoms with Crippen LogP contribution < -0.4 is 11.1 Å². The number of carbonyl (C=O) groups is 2. The van der Waals surface area contributed by atoms with Gasteiger partial charge in [-0.25, -0.2) is 9.18 Å². The zero-order valence-corrected chi connectivity index (χ0v) is 17.1. The summed E-state index contributed by atoms with van der Waals surface area (Å²) in [6, 6.07) is 5.82. The molecular formula is C19H22BrFN4O2. The molecule has 0 radical (unpaired) electrons. The van der Waals surface area contributed by atoms with Gasteiger partial charge in [0.2, 0.25) is 0 Å². The second-order valence-corrected chi connectivity index (χ2v) is 8.37. The second-order valence-electron chi connectivity index (χ2n) is 7.62. The Morgan fingerprint density at radius 1 is 1.26 bits per heavy atom. The van der Waals surface area contributed by atoms with Crippen molar-refractivity contribution in [2.75, 3.05) is 6.54 Å². The average Bonchev–Trinajstić information content (AvgIpc) is 2.86. The molecule has 0 spiro atoms. The number of rotatable bonds is 2. The van der Waals surface area contributed by atoms with Crippen molar-refractivity contribution in [2.24, 2.45) is 5.73 Å². The van der Waals surface area contributed by atoms with Crippen molar-refractivity contribution in [3.8, 4) is 11.1 Å². The number of nitrogens with zero attached hydrogens (tertiary/aromatic N) is 2. The highest BCUT2D eigenvalue weighted by atomic mass is 79.9. The van der Waals surface area contributed by atoms with Gasteiger partial charge in [0.05, 0.1) is 22.4 Å². The van der Waals surface area contributed by atoms with Crippen LogP contribution in [0.1, 0.15) is 36.8 Å². The van der Waals surface area contributed by atoms with Gasteiger partial charge in [0, 0.05) is 24.2 Å². The van der Waals surface area contributed by atoms with Crippen LogP contribution in [0.5, 0.6) is 0 Å². The predicted octanol–water partition coefficient (Wildman–Crippen LogP) is 3.48. The fourth-order valence-corrected chi connectivity index (χ4v) is 4.08. The number of carbonyl (C=O) groups excluding carboxylic acids is 2. The lowest BCUT2D eigenvalue weighted by Gasteiger charge is -2.32. The van der Waals surface area contributed by atoms with Crippen LogP contribution in [-0.2, 0) is 13.1 Å². The van der Waals surface area contributed by atoms with E-state index in [4.69, 9.17) is 5.73 Å². The third-order valence-electron chi connectivity index (χ3n) is 4.37. The molecule has 0 saturated heterocycles. The van der Waals surface area contributed by atoms with Gasteiger partial charge >= 0.3 is 6.03 Å². The summed E-state index contributed by atoms with van der Waals surface area (Å²) in [7, 11) is 0. The van der Waals surface area contributed by atoms with Crippen LogP contribution in [0.3, 0.4) is 0 Å². The van der Waals surface area contributed by atoms with Crippen molar-refractivity contribution in [1.29, 1.82) is 0 Å². The van der Waals surface area contributed by atoms with Gasteiger partial charge in [-0.1, -0.05) is 12.1 Å². The monoisotopic (exact) mass is 436 g/mol. The molecule has 0 unspecified atom stereocenters. The van der Waals surface area contributed by atoms with Gasteiger partial charge in [0.15, 0.2) is 0 Å². The molecule has 1 aromatic carbocycles. The van der Waals surface area contributed by atoms with E-state index in [2.05, 4.69) is 21.2 Å². The summed E-state index contributed by atoms with van der Waals surface area (Å²) < 4.78 is 16.3. The van der Waals surface area contributed by atoms with Gasteiger partial charge in [0.25, 0.3) is 5.91 Å². The number of fused-ring (bicyclic) bond motifs is 1. The zero-order chi connectivity index (χ0) is 19.9. The molecule has 27 heavy (non-hydrogen) atoms. The van der Waals surface area contributed by atoms with E-state index in [0.717, 1.165) is 0 Å². The predicted molar refractivity (Wildman–Crippen MR) is 105 cm³/mol. The lowest BCUT2D eigenvalue weighted by molar-refractivity contribution is 0.0997. The topological polar surface area (TPSA) is 80.4 Å². The fraction of sp³-hybridized carbons (Fsp3) is 0.368. The van der Waals surface area contributed by atoms with E-state index < -0.39 is 11.7 Å². The summed E-state index contributed by atoms with van der Waals surface area (Å²) in [6.07, 6.45) is 0. The van der Waals surface area contributed by atoms with Crippen molar-refractivity contribution in [2.45, 2.75) is 39.4 Å². The van der Waals surface area contributed by atoms with Crippen molar-refractivity contribution in [3.05, 3.63) is 45.9 Å². The quantitative estimate of drug-likeness (QED) is 0.755. The first-order chi connectivity index (χ1) is 12.6. The molecule has 3 rings (SSSR count). The SMILES string of the molecule is CC(C)(C)NC(=O)N1CCn2c(Br)c(-c3cccc(F)c3)c(C(N)=O)c2C1. The highest BCUT2D eigenvalue weighted by Gasteiger charge is 2.32. The molecule has 2 heterocycles. The molecule has 0 saturated carbocycles. The van der Waals surface area contributed by atoms with Gasteiger partial charge in [-0.15, -0.1) is 0 Å². The summed E-state index contributed by atoms with van der Waals surface area (Å²) in [4.78, 5) is 26.4. The first-order valence-corrected chi connectivity index (χ1v) is 9.41. The molecule has 3 amide bonds. The molecule has 1 aliphatic heterocycles. The minimum Gasteiger partial charge on any atom is -0.366 e. The van der Waals surface area contributed by atoms with Crippen LogP contribution >= 0.6 is 15.9 Å². The zero-order valence-electron chi connectivity index (χ0n) is 15.5. The van der Waals surface area contributed by atoms with Crippen LogP contribution in [0.2, 0.25) is 0 Å². The summed E-state index contributed by atoms with van der Waals surface area (Å²) in [5.41, 5.74) is 7.36. The molecule has 1 aromatic heterocycles. The molecule has 8 heteroatoms. The minimum absolute atomic E-state index is 0.200. The van der Waals surface area contributed by atoms with Crippen LogP contribution in [0.25, 0.3) is 11.1 Å². The average molecular weight is 437 g/mol. The number of hydrogen-bond donors (Lipinski definition) is 2. The number of urea groups is 1. The first-order valence-electron chi connectivity index (χ1n) is 8.62. The second kappa shape index (κ2) is 6.99. The van der Waals surface area contributed by atoms with E-state index in [1.54, 1.807) is 17.0 Å². The maximum Gasteiger partial charge on any atom is 0.318 e. The molecule has 6 nitrogen and oxygen atoms in total. The third kappa shape index (κ3) is 3.85. The minimum atomic E-state index is -0.609. The first kappa shape index (κ1) is 19.4. The smallest absolute Gasteiger partial charge is 0.318 e. The molecular weight excluding hydrogens is 415 g/mol. The van der Waals surface area contributed by atoms with Crippen molar-refractivity contribution in [1.82, 2.24) is 14.8 Å². The fourth-order valence-electron chi connectivity index (χ4n) is 3.26. The van der Waals surface area contributed by atoms with E-state index in [-0.39, 0.29) is 18.1 Å². The molecule has 3 N–H and O–H groups in total. The summed E-state index contributed by atoms with van der Waals surface area (Å²) in [6.45, 7) is 6.96. The summed E-state index contributed by atoms with van der Waals surface area (Å²) >= 11 is 3.54. The maximum atomic E-state index is 13.7. The number of halogens is 2. The van der Waals surface area contributed by atoms with Gasteiger partial charge in [0.1, 0.15) is 5.82 Å². The number of hydrogen-bond acceptors (Lipinski definition) is 2. The number of primary amides is 1. The maximum absolute atomic E-state index is 13.7. The number of nitrogens with two attached hydrogens (primary N) is 1. The van der Waals surface area contributed by atoms with Crippen LogP contribution in [0.15, 0.2) is 28.9 Å². The Balaban J connectivity index is 2.05. The molecule has 0 aliphatic carbocycles. The van der Waals surface area contributed by atoms with Gasteiger partial charge in [-0.05, 0) is 54.4 Å². The Bertz CT molecular complexity index is 917. The van der Waals surface area contributed by atoms with Crippen LogP contribution in [0, 0.1) is 5.82 Å². The largest absolute Gasteiger partial charge is 0.366 e. The lowest BCUT2D eigenvalue weighted by atomic mass is 10.0. The standard InChI is InChI=1S/C19H22BrFN4O2/c1-19(2,3)23-18(27)24-7-8-25-13(10-24)15(17(22)26)14(16(25)20)11-5-4-6-12(21)9-11/h4-6,9H,7-8,10H2,1-3H3,(H2,22,26)(H,23,27). The number of benzene rings is 1. The van der Waals surface area contributed by atoms with E-state index in [1.807, 2.05) is 25.3 Å². The highest BCUT2D eigenvalue weighted by molar-refractivity contribution is 9.10. The van der Waals surface area contributed by atoms with Crippen LogP contribution in [-0.4, -0.2) is 33.5 Å². The summed E-state index contributed by atoms with van der Waals surface area (Å²) in [5.74, 6) is -1.01. The van der Waals surface area contributed by atoms with E-state index in [9.17, 15) is 14.0 Å². The molecule has 0 bridgehead atoms. The number of nitrogens with one attached hydrogen (secondary N) is 1. The van der Waals surface area contributed by atoms with Crippen molar-refractivity contribution >= 4 is 27.9 Å². The highest BCUT2D eigenvalue weighted by Crippen LogP contribution is 2.38. The molecule has 0 atom stereocenters. The molecule has 1 aliphatic rings. The van der Waals surface area contributed by atoms with E-state index in [1.165, 1.54) is 12.1 Å². The normalized spacial score (nSPS) is 14.0. The summed E-state index contributed by atoms with van der Waals surface area (Å²) in [5, 5.41) is 2.93. The number of aromatic nitrogens is 1. The van der Waals surface area contributed by atoms with E-state index in [0.29, 0.717) is 40.1 Å². The van der Waals surface area contributed by atoms with Crippen molar-refractivity contribution < 1.29 is 14.0 Å². The Kier molecular flexibility index (Phi) is 5.03. The Hall–Kier alpha value is -2.35. The Morgan fingerprint density at radius 3 is 2.56 bits per heavy atom. The van der Waals surface area contributed by atoms with Gasteiger partial charge in [-0.2, -0.15) is 0 Å². The number of amides is 3. The van der Waals surface area contributed by atoms with E-state index >= 15 is 0 Å². The van der Waals surface area contributed by atoms with Gasteiger partial charge < -0.3 is 20.5 Å². The Morgan fingerprint density at radius 2 is 1.96 bits per heavy atom. The third-order valence-corrected chi connectivity index (χ3v) is 5.20. The van der Waals surface area contributed by atoms with Crippen molar-refractivity contribution in [3.63, 3.8) is 0 Å². The molecule has 2 aromatic rings.